The summed E-state index contributed by atoms with van der Waals surface area (Å²) in [6.07, 6.45) is -7.03. The SMILES string of the molecule is CC(=O)Oc1ccc(CCC(=O)c2c(O)cccc2O[C@@H]2O[C@H](CO)[C@@H](O)[C@H](OC(C)=O)[C@H]2OC(C)=O)cc1. The highest BCUT2D eigenvalue weighted by Crippen LogP contribution is 2.34. The minimum Gasteiger partial charge on any atom is -0.507 e. The number of carbonyl (C=O) groups is 4. The molecule has 0 bridgehead atoms. The maximum atomic E-state index is 13.2. The van der Waals surface area contributed by atoms with E-state index in [4.69, 9.17) is 23.7 Å². The fraction of sp³-hybridized carbons (Fsp3) is 0.407. The van der Waals surface area contributed by atoms with Gasteiger partial charge in [-0.1, -0.05) is 18.2 Å². The van der Waals surface area contributed by atoms with Crippen LogP contribution >= 0.6 is 0 Å². The number of aliphatic hydroxyl groups is 2. The largest absolute Gasteiger partial charge is 0.507 e. The minimum atomic E-state index is -1.55. The normalized spacial score (nSPS) is 22.4. The van der Waals surface area contributed by atoms with Gasteiger partial charge in [-0.3, -0.25) is 19.2 Å². The maximum absolute atomic E-state index is 13.2. The number of aryl methyl sites for hydroxylation is 1. The summed E-state index contributed by atoms with van der Waals surface area (Å²) in [5, 5.41) is 30.7. The van der Waals surface area contributed by atoms with Crippen molar-refractivity contribution in [3.63, 3.8) is 0 Å². The molecule has 1 heterocycles. The van der Waals surface area contributed by atoms with Gasteiger partial charge >= 0.3 is 17.9 Å². The number of hydrogen-bond acceptors (Lipinski definition) is 12. The average molecular weight is 547 g/mol. The lowest BCUT2D eigenvalue weighted by atomic mass is 9.98. The lowest BCUT2D eigenvalue weighted by Crippen LogP contribution is -2.62. The number of ketones is 1. The van der Waals surface area contributed by atoms with Gasteiger partial charge in [0.2, 0.25) is 12.4 Å². The van der Waals surface area contributed by atoms with Crippen LogP contribution in [-0.4, -0.2) is 76.3 Å². The molecule has 39 heavy (non-hydrogen) atoms. The molecule has 0 aliphatic carbocycles. The average Bonchev–Trinajstić information content (AvgIpc) is 2.86. The highest BCUT2D eigenvalue weighted by atomic mass is 16.7. The molecule has 12 heteroatoms. The first-order valence-electron chi connectivity index (χ1n) is 12.1. The Morgan fingerprint density at radius 1 is 0.897 bits per heavy atom. The molecule has 210 valence electrons. The van der Waals surface area contributed by atoms with Crippen LogP contribution in [0, 0.1) is 0 Å². The zero-order valence-electron chi connectivity index (χ0n) is 21.6. The molecule has 1 aliphatic rings. The summed E-state index contributed by atoms with van der Waals surface area (Å²) in [4.78, 5) is 47.7. The molecule has 1 aliphatic heterocycles. The number of aromatic hydroxyl groups is 1. The van der Waals surface area contributed by atoms with Gasteiger partial charge in [-0.15, -0.1) is 0 Å². The fourth-order valence-electron chi connectivity index (χ4n) is 4.08. The van der Waals surface area contributed by atoms with E-state index < -0.39 is 61.0 Å². The first-order valence-corrected chi connectivity index (χ1v) is 12.1. The Kier molecular flexibility index (Phi) is 9.99. The summed E-state index contributed by atoms with van der Waals surface area (Å²) in [5.41, 5.74) is 0.599. The number of hydrogen-bond donors (Lipinski definition) is 3. The predicted molar refractivity (Wildman–Crippen MR) is 132 cm³/mol. The molecule has 0 spiro atoms. The lowest BCUT2D eigenvalue weighted by molar-refractivity contribution is -0.285. The Labute approximate surface area is 224 Å². The molecule has 0 radical (unpaired) electrons. The van der Waals surface area contributed by atoms with Gasteiger partial charge in [0.1, 0.15) is 35.0 Å². The van der Waals surface area contributed by atoms with Gasteiger partial charge in [-0.2, -0.15) is 0 Å². The maximum Gasteiger partial charge on any atom is 0.308 e. The molecule has 0 unspecified atom stereocenters. The van der Waals surface area contributed by atoms with E-state index in [1.165, 1.54) is 25.1 Å². The number of ether oxygens (including phenoxy) is 5. The highest BCUT2D eigenvalue weighted by Gasteiger charge is 2.50. The van der Waals surface area contributed by atoms with E-state index in [0.29, 0.717) is 5.75 Å². The minimum absolute atomic E-state index is 0.0339. The van der Waals surface area contributed by atoms with Gasteiger partial charge in [0.05, 0.1) is 6.61 Å². The second kappa shape index (κ2) is 13.2. The van der Waals surface area contributed by atoms with Crippen molar-refractivity contribution in [1.82, 2.24) is 0 Å². The van der Waals surface area contributed by atoms with Crippen LogP contribution in [0.2, 0.25) is 0 Å². The first-order chi connectivity index (χ1) is 18.5. The number of rotatable bonds is 10. The van der Waals surface area contributed by atoms with Crippen molar-refractivity contribution in [3.8, 4) is 17.2 Å². The Balaban J connectivity index is 1.84. The van der Waals surface area contributed by atoms with E-state index in [-0.39, 0.29) is 29.9 Å². The van der Waals surface area contributed by atoms with E-state index in [0.717, 1.165) is 19.4 Å². The Hall–Kier alpha value is -4.00. The molecule has 3 rings (SSSR count). The molecular formula is C27H30O12. The third-order valence-electron chi connectivity index (χ3n) is 5.75. The Morgan fingerprint density at radius 3 is 2.13 bits per heavy atom. The predicted octanol–water partition coefficient (Wildman–Crippen LogP) is 1.45. The zero-order chi connectivity index (χ0) is 28.7. The van der Waals surface area contributed by atoms with Crippen molar-refractivity contribution < 1.29 is 58.2 Å². The van der Waals surface area contributed by atoms with Crippen LogP contribution in [0.15, 0.2) is 42.5 Å². The smallest absolute Gasteiger partial charge is 0.308 e. The fourth-order valence-corrected chi connectivity index (χ4v) is 4.08. The third kappa shape index (κ3) is 7.76. The van der Waals surface area contributed by atoms with Gasteiger partial charge < -0.3 is 39.0 Å². The van der Waals surface area contributed by atoms with Crippen molar-refractivity contribution in [1.29, 1.82) is 0 Å². The quantitative estimate of drug-likeness (QED) is 0.223. The second-order valence-corrected chi connectivity index (χ2v) is 8.79. The van der Waals surface area contributed by atoms with Crippen LogP contribution in [0.3, 0.4) is 0 Å². The van der Waals surface area contributed by atoms with Crippen molar-refractivity contribution in [2.24, 2.45) is 0 Å². The summed E-state index contributed by atoms with van der Waals surface area (Å²) in [6.45, 7) is 2.78. The molecule has 1 saturated heterocycles. The summed E-state index contributed by atoms with van der Waals surface area (Å²) in [6, 6.07) is 10.7. The third-order valence-corrected chi connectivity index (χ3v) is 5.75. The molecule has 2 aromatic rings. The number of carbonyl (C=O) groups excluding carboxylic acids is 4. The van der Waals surface area contributed by atoms with E-state index in [9.17, 15) is 34.5 Å². The van der Waals surface area contributed by atoms with Crippen molar-refractivity contribution >= 4 is 23.7 Å². The molecule has 0 amide bonds. The standard InChI is InChI=1S/C27H30O12/c1-14(29)35-18-10-7-17(8-11-18)9-12-20(33)23-19(32)5-4-6-21(23)38-27-26(37-16(3)31)25(36-15(2)30)24(34)22(13-28)39-27/h4-8,10-11,22,24-28,32,34H,9,12-13H2,1-3H3/t22-,24-,25+,26-,27-/m1/s1. The molecule has 2 aromatic carbocycles. The topological polar surface area (TPSA) is 175 Å². The van der Waals surface area contributed by atoms with Gasteiger partial charge in [-0.25, -0.2) is 0 Å². The van der Waals surface area contributed by atoms with Crippen molar-refractivity contribution in [3.05, 3.63) is 53.6 Å². The van der Waals surface area contributed by atoms with E-state index in [1.807, 2.05) is 0 Å². The van der Waals surface area contributed by atoms with Gasteiger partial charge in [0.25, 0.3) is 0 Å². The zero-order valence-corrected chi connectivity index (χ0v) is 21.6. The van der Waals surface area contributed by atoms with Crippen LogP contribution in [-0.2, 0) is 35.0 Å². The highest BCUT2D eigenvalue weighted by molar-refractivity contribution is 6.01. The molecular weight excluding hydrogens is 516 g/mol. The number of esters is 3. The van der Waals surface area contributed by atoms with Gasteiger partial charge in [-0.05, 0) is 36.2 Å². The van der Waals surface area contributed by atoms with E-state index in [1.54, 1.807) is 24.3 Å². The van der Waals surface area contributed by atoms with E-state index >= 15 is 0 Å². The lowest BCUT2D eigenvalue weighted by Gasteiger charge is -2.42. The number of Topliss-reactive ketones (excluding diaryl/α,β-unsaturated/α-hetero) is 1. The number of benzene rings is 2. The Morgan fingerprint density at radius 2 is 1.54 bits per heavy atom. The number of phenolic OH excluding ortho intramolecular Hbond substituents is 1. The van der Waals surface area contributed by atoms with Gasteiger partial charge in [0, 0.05) is 27.2 Å². The molecule has 5 atom stereocenters. The van der Waals surface area contributed by atoms with Crippen LogP contribution in [0.4, 0.5) is 0 Å². The summed E-state index contributed by atoms with van der Waals surface area (Å²) >= 11 is 0. The molecule has 0 saturated carbocycles. The molecule has 1 fully saturated rings. The molecule has 12 nitrogen and oxygen atoms in total. The monoisotopic (exact) mass is 546 g/mol. The van der Waals surface area contributed by atoms with Crippen LogP contribution in [0.1, 0.15) is 43.1 Å². The summed E-state index contributed by atoms with van der Waals surface area (Å²) < 4.78 is 26.8. The van der Waals surface area contributed by atoms with Crippen molar-refractivity contribution in [2.75, 3.05) is 6.61 Å². The summed E-state index contributed by atoms with van der Waals surface area (Å²) in [7, 11) is 0. The summed E-state index contributed by atoms with van der Waals surface area (Å²) in [5.74, 6) is -2.66. The van der Waals surface area contributed by atoms with Gasteiger partial charge in [0.15, 0.2) is 11.9 Å². The van der Waals surface area contributed by atoms with E-state index in [2.05, 4.69) is 0 Å². The molecule has 0 aromatic heterocycles. The molecule has 3 N–H and O–H groups in total. The number of aliphatic hydroxyl groups excluding tert-OH is 2. The van der Waals surface area contributed by atoms with Crippen LogP contribution < -0.4 is 9.47 Å². The first kappa shape index (κ1) is 29.6. The Bertz CT molecular complexity index is 1190. The van der Waals surface area contributed by atoms with Crippen LogP contribution in [0.25, 0.3) is 0 Å². The van der Waals surface area contributed by atoms with Crippen molar-refractivity contribution in [2.45, 2.75) is 64.3 Å². The van der Waals surface area contributed by atoms with Crippen LogP contribution in [0.5, 0.6) is 17.2 Å². The second-order valence-electron chi connectivity index (χ2n) is 8.79. The number of phenols is 1.